The van der Waals surface area contributed by atoms with Gasteiger partial charge in [0.25, 0.3) is 5.69 Å². The fraction of sp³-hybridized carbons (Fsp3) is 0.364. The highest BCUT2D eigenvalue weighted by Gasteiger charge is 2.75. The van der Waals surface area contributed by atoms with Gasteiger partial charge >= 0.3 is 18.0 Å². The quantitative estimate of drug-likeness (QED) is 0.268. The highest BCUT2D eigenvalue weighted by molar-refractivity contribution is 5.88. The van der Waals surface area contributed by atoms with Crippen LogP contribution < -0.4 is 11.2 Å². The number of hydrogen-bond acceptors (Lipinski definition) is 4. The number of hydrogen-bond donors (Lipinski definition) is 2. The van der Waals surface area contributed by atoms with E-state index in [-0.39, 0.29) is 11.3 Å². The molecule has 6 nitrogen and oxygen atoms in total. The van der Waals surface area contributed by atoms with Crippen LogP contribution in [-0.4, -0.2) is 28.8 Å². The zero-order valence-corrected chi connectivity index (χ0v) is 11.5. The lowest BCUT2D eigenvalue weighted by molar-refractivity contribution is -0.384. The lowest BCUT2D eigenvalue weighted by Gasteiger charge is -2.27. The Morgan fingerprint density at radius 1 is 1.12 bits per heavy atom. The van der Waals surface area contributed by atoms with Crippen molar-refractivity contribution >= 4 is 11.5 Å². The number of hydrazone groups is 1. The van der Waals surface area contributed by atoms with Crippen LogP contribution >= 0.6 is 0 Å². The van der Waals surface area contributed by atoms with Gasteiger partial charge in [0.1, 0.15) is 0 Å². The number of nitrogens with one attached hydrogen (secondary N) is 1. The van der Waals surface area contributed by atoms with Crippen molar-refractivity contribution in [2.45, 2.75) is 24.6 Å². The number of alkyl halides is 7. The number of nitro groups is 1. The van der Waals surface area contributed by atoms with E-state index in [2.05, 4.69) is 10.8 Å². The minimum Gasteiger partial charge on any atom is -0.380 e. The molecular formula is C11H9F7N4O2. The van der Waals surface area contributed by atoms with Crippen molar-refractivity contribution in [1.82, 2.24) is 5.43 Å². The molecule has 24 heavy (non-hydrogen) atoms. The summed E-state index contributed by atoms with van der Waals surface area (Å²) in [6.07, 6.45) is -6.52. The van der Waals surface area contributed by atoms with E-state index in [0.717, 1.165) is 12.1 Å². The molecule has 0 fully saturated rings. The topological polar surface area (TPSA) is 93.5 Å². The van der Waals surface area contributed by atoms with Crippen LogP contribution in [0, 0.1) is 10.1 Å². The molecule has 0 aliphatic rings. The van der Waals surface area contributed by atoms with Gasteiger partial charge < -0.3 is 11.2 Å². The van der Waals surface area contributed by atoms with Crippen LogP contribution in [-0.2, 0) is 6.54 Å². The normalized spacial score (nSPS) is 13.7. The summed E-state index contributed by atoms with van der Waals surface area (Å²) in [6.45, 7) is -0.396. The first-order valence-corrected chi connectivity index (χ1v) is 5.93. The fourth-order valence-corrected chi connectivity index (χ4v) is 1.36. The third-order valence-electron chi connectivity index (χ3n) is 2.70. The largest absolute Gasteiger partial charge is 0.460 e. The van der Waals surface area contributed by atoms with Crippen molar-refractivity contribution in [3.63, 3.8) is 0 Å². The van der Waals surface area contributed by atoms with E-state index in [4.69, 9.17) is 0 Å². The second kappa shape index (κ2) is 6.49. The average molecular weight is 362 g/mol. The number of nitrogens with two attached hydrogens (primary N) is 1. The van der Waals surface area contributed by atoms with Gasteiger partial charge in [-0.05, 0) is 5.56 Å². The molecule has 1 rings (SSSR count). The third kappa shape index (κ3) is 3.83. The number of halogens is 7. The predicted octanol–water partition coefficient (Wildman–Crippen LogP) is 2.79. The number of benzene rings is 1. The zero-order chi connectivity index (χ0) is 18.8. The molecule has 0 bridgehead atoms. The van der Waals surface area contributed by atoms with Crippen LogP contribution in [0.2, 0.25) is 0 Å². The first-order chi connectivity index (χ1) is 10.8. The summed E-state index contributed by atoms with van der Waals surface area (Å²) < 4.78 is 87.5. The van der Waals surface area contributed by atoms with E-state index in [1.807, 2.05) is 0 Å². The van der Waals surface area contributed by atoms with Gasteiger partial charge in [-0.2, -0.15) is 35.8 Å². The molecule has 0 aromatic heterocycles. The number of nitrogens with zero attached hydrogens (tertiary/aromatic N) is 2. The molecule has 0 atom stereocenters. The Bertz CT molecular complexity index is 628. The van der Waals surface area contributed by atoms with Gasteiger partial charge in [0.05, 0.1) is 11.5 Å². The second-order valence-electron chi connectivity index (χ2n) is 4.40. The van der Waals surface area contributed by atoms with Crippen molar-refractivity contribution in [2.75, 3.05) is 0 Å². The van der Waals surface area contributed by atoms with E-state index in [9.17, 15) is 40.8 Å². The summed E-state index contributed by atoms with van der Waals surface area (Å²) in [5.41, 5.74) is 6.31. The van der Waals surface area contributed by atoms with Gasteiger partial charge in [0.15, 0.2) is 5.84 Å². The van der Waals surface area contributed by atoms with Crippen LogP contribution in [0.15, 0.2) is 29.4 Å². The van der Waals surface area contributed by atoms with Crippen LogP contribution in [0.25, 0.3) is 0 Å². The van der Waals surface area contributed by atoms with Gasteiger partial charge in [-0.1, -0.05) is 12.1 Å². The minimum absolute atomic E-state index is 0.253. The molecular weight excluding hydrogens is 353 g/mol. The van der Waals surface area contributed by atoms with Gasteiger partial charge in [0.2, 0.25) is 0 Å². The van der Waals surface area contributed by atoms with E-state index in [1.165, 1.54) is 12.1 Å². The molecule has 0 amide bonds. The van der Waals surface area contributed by atoms with Crippen molar-refractivity contribution in [3.8, 4) is 0 Å². The van der Waals surface area contributed by atoms with Crippen molar-refractivity contribution in [2.24, 2.45) is 10.8 Å². The first kappa shape index (κ1) is 19.4. The van der Waals surface area contributed by atoms with Crippen LogP contribution in [0.1, 0.15) is 5.56 Å². The molecule has 134 valence electrons. The summed E-state index contributed by atoms with van der Waals surface area (Å²) in [6, 6.07) is 4.52. The lowest BCUT2D eigenvalue weighted by atomic mass is 10.1. The maximum atomic E-state index is 13.1. The molecule has 1 aromatic carbocycles. The summed E-state index contributed by atoms with van der Waals surface area (Å²) in [7, 11) is 0. The molecule has 0 aliphatic carbocycles. The Morgan fingerprint density at radius 2 is 1.62 bits per heavy atom. The van der Waals surface area contributed by atoms with Crippen molar-refractivity contribution in [3.05, 3.63) is 39.9 Å². The molecule has 0 heterocycles. The Labute approximate surface area is 129 Å². The molecule has 0 spiro atoms. The average Bonchev–Trinajstić information content (AvgIpc) is 2.46. The smallest absolute Gasteiger partial charge is 0.380 e. The Morgan fingerprint density at radius 3 is 2.04 bits per heavy atom. The summed E-state index contributed by atoms with van der Waals surface area (Å²) in [5.74, 6) is -14.4. The maximum Gasteiger partial charge on any atom is 0.460 e. The van der Waals surface area contributed by atoms with E-state index >= 15 is 0 Å². The van der Waals surface area contributed by atoms with Crippen LogP contribution in [0.5, 0.6) is 0 Å². The molecule has 0 radical (unpaired) electrons. The number of nitro benzene ring substituents is 1. The highest BCUT2D eigenvalue weighted by Crippen LogP contribution is 2.46. The zero-order valence-electron chi connectivity index (χ0n) is 11.5. The Kier molecular flexibility index (Phi) is 5.26. The number of amidine groups is 1. The molecule has 0 unspecified atom stereocenters. The summed E-state index contributed by atoms with van der Waals surface area (Å²) in [4.78, 5) is 9.70. The second-order valence-corrected chi connectivity index (χ2v) is 4.40. The van der Waals surface area contributed by atoms with Crippen molar-refractivity contribution in [1.29, 1.82) is 0 Å². The molecule has 3 N–H and O–H groups in total. The third-order valence-corrected chi connectivity index (χ3v) is 2.70. The molecule has 0 saturated carbocycles. The molecule has 0 aliphatic heterocycles. The highest BCUT2D eigenvalue weighted by atomic mass is 19.4. The number of non-ortho nitro benzene ring substituents is 1. The monoisotopic (exact) mass is 362 g/mol. The van der Waals surface area contributed by atoms with Gasteiger partial charge in [0, 0.05) is 12.1 Å². The van der Waals surface area contributed by atoms with E-state index in [1.54, 1.807) is 5.43 Å². The summed E-state index contributed by atoms with van der Waals surface area (Å²) >= 11 is 0. The first-order valence-electron chi connectivity index (χ1n) is 5.93. The minimum atomic E-state index is -6.52. The van der Waals surface area contributed by atoms with E-state index in [0.29, 0.717) is 0 Å². The lowest BCUT2D eigenvalue weighted by Crippen LogP contribution is -2.58. The van der Waals surface area contributed by atoms with Crippen LogP contribution in [0.3, 0.4) is 0 Å². The predicted molar refractivity (Wildman–Crippen MR) is 67.5 cm³/mol. The van der Waals surface area contributed by atoms with Crippen LogP contribution in [0.4, 0.5) is 36.4 Å². The molecule has 13 heteroatoms. The Balaban J connectivity index is 2.81. The SMILES string of the molecule is N/C(=N\NCc1ccc([N+](=O)[O-])cc1)C(F)(F)C(F)(F)C(F)(F)F. The van der Waals surface area contributed by atoms with Crippen molar-refractivity contribution < 1.29 is 35.7 Å². The summed E-state index contributed by atoms with van der Waals surface area (Å²) in [5, 5.41) is 13.0. The molecule has 1 aromatic rings. The van der Waals surface area contributed by atoms with E-state index < -0.39 is 35.3 Å². The maximum absolute atomic E-state index is 13.1. The van der Waals surface area contributed by atoms with Gasteiger partial charge in [-0.25, -0.2) is 0 Å². The standard InChI is InChI=1S/C11H9F7N4O2/c12-9(13,10(14,15)11(16,17)18)8(19)21-20-5-6-1-3-7(4-2-6)22(23)24/h1-4,20H,5H2,(H2,19,21). The Hall–Kier alpha value is -2.60. The fourth-order valence-electron chi connectivity index (χ4n) is 1.36. The molecule has 0 saturated heterocycles. The van der Waals surface area contributed by atoms with Gasteiger partial charge in [-0.15, -0.1) is 0 Å². The number of rotatable bonds is 6. The van der Waals surface area contributed by atoms with Gasteiger partial charge in [-0.3, -0.25) is 10.1 Å².